The molecule has 0 bridgehead atoms. The van der Waals surface area contributed by atoms with Gasteiger partial charge in [0.25, 0.3) is 0 Å². The van der Waals surface area contributed by atoms with Crippen molar-refractivity contribution >= 4 is 17.5 Å². The first-order chi connectivity index (χ1) is 20.6. The molecule has 4 aromatic rings. The fourth-order valence-electron chi connectivity index (χ4n) is 5.23. The van der Waals surface area contributed by atoms with Crippen molar-refractivity contribution in [2.75, 3.05) is 23.4 Å². The summed E-state index contributed by atoms with van der Waals surface area (Å²) in [5.41, 5.74) is 9.98. The van der Waals surface area contributed by atoms with Gasteiger partial charge in [0.1, 0.15) is 18.5 Å². The van der Waals surface area contributed by atoms with E-state index in [1.807, 2.05) is 77.7 Å². The minimum Gasteiger partial charge on any atom is -0.476 e. The molecule has 2 aromatic carbocycles. The van der Waals surface area contributed by atoms with Gasteiger partial charge in [0, 0.05) is 49.3 Å². The molecule has 0 saturated heterocycles. The van der Waals surface area contributed by atoms with Gasteiger partial charge < -0.3 is 21.1 Å². The van der Waals surface area contributed by atoms with Gasteiger partial charge in [-0.3, -0.25) is 4.90 Å². The Morgan fingerprint density at radius 3 is 2.45 bits per heavy atom. The minimum absolute atomic E-state index is 0.0517. The smallest absolute Gasteiger partial charge is 0.322 e. The lowest BCUT2D eigenvalue weighted by Gasteiger charge is -2.37. The van der Waals surface area contributed by atoms with Crippen LogP contribution in [0.2, 0.25) is 0 Å². The zero-order valence-corrected chi connectivity index (χ0v) is 23.4. The summed E-state index contributed by atoms with van der Waals surface area (Å²) in [6, 6.07) is 27.7. The molecular weight excluding hydrogens is 526 g/mol. The number of nitrogens with one attached hydrogen (secondary N) is 2. The second kappa shape index (κ2) is 14.1. The van der Waals surface area contributed by atoms with Crippen LogP contribution >= 0.6 is 0 Å². The molecule has 2 heterocycles. The number of hydrogen-bond acceptors (Lipinski definition) is 7. The Morgan fingerprint density at radius 2 is 1.76 bits per heavy atom. The van der Waals surface area contributed by atoms with Crippen molar-refractivity contribution in [2.24, 2.45) is 5.73 Å². The maximum Gasteiger partial charge on any atom is 0.322 e. The normalized spacial score (nSPS) is 16.2. The quantitative estimate of drug-likeness (QED) is 0.233. The van der Waals surface area contributed by atoms with E-state index in [1.165, 1.54) is 0 Å². The first-order valence-electron chi connectivity index (χ1n) is 14.3. The highest BCUT2D eigenvalue weighted by Gasteiger charge is 2.30. The summed E-state index contributed by atoms with van der Waals surface area (Å²) >= 11 is 0. The van der Waals surface area contributed by atoms with Crippen LogP contribution in [-0.2, 0) is 6.54 Å². The average molecular weight is 562 g/mol. The Bertz CT molecular complexity index is 1480. The molecule has 0 atom stereocenters. The second-order valence-electron chi connectivity index (χ2n) is 10.3. The summed E-state index contributed by atoms with van der Waals surface area (Å²) in [6.45, 7) is 1.29. The van der Waals surface area contributed by atoms with E-state index in [0.29, 0.717) is 31.1 Å². The maximum absolute atomic E-state index is 13.7. The van der Waals surface area contributed by atoms with Crippen LogP contribution in [0.4, 0.5) is 16.3 Å². The molecule has 0 spiro atoms. The molecule has 1 aliphatic rings. The van der Waals surface area contributed by atoms with Crippen molar-refractivity contribution < 1.29 is 9.53 Å². The van der Waals surface area contributed by atoms with E-state index in [0.717, 1.165) is 53.9 Å². The molecule has 1 aliphatic carbocycles. The first-order valence-corrected chi connectivity index (χ1v) is 14.3. The fraction of sp³-hybridized carbons (Fsp3) is 0.273. The Hall–Kier alpha value is -4.94. The zero-order valence-electron chi connectivity index (χ0n) is 23.4. The molecule has 1 fully saturated rings. The highest BCUT2D eigenvalue weighted by atomic mass is 16.5. The summed E-state index contributed by atoms with van der Waals surface area (Å²) < 4.78 is 5.59. The van der Waals surface area contributed by atoms with Crippen molar-refractivity contribution in [1.29, 1.82) is 5.26 Å². The number of carbonyl (C=O) groups is 1. The van der Waals surface area contributed by atoms with Crippen molar-refractivity contribution in [3.05, 3.63) is 102 Å². The number of pyridine rings is 2. The average Bonchev–Trinajstić information content (AvgIpc) is 3.05. The van der Waals surface area contributed by atoms with Gasteiger partial charge in [-0.1, -0.05) is 42.5 Å². The molecule has 214 valence electrons. The Labute approximate surface area is 246 Å². The highest BCUT2D eigenvalue weighted by Crippen LogP contribution is 2.31. The summed E-state index contributed by atoms with van der Waals surface area (Å²) in [5, 5.41) is 15.6. The lowest BCUT2D eigenvalue weighted by atomic mass is 9.89. The number of benzene rings is 2. The number of urea groups is 1. The SMILES string of the molecule is N#Cc1ccc(NC2CCC(N(C(=O)NCc3ccccc3)c3ccc(-c4ccnc(OCCN)c4)cc3)CC2)nc1. The number of aromatic nitrogens is 2. The van der Waals surface area contributed by atoms with Gasteiger partial charge in [0.15, 0.2) is 0 Å². The number of ether oxygens (including phenoxy) is 1. The second-order valence-corrected chi connectivity index (χ2v) is 10.3. The predicted octanol–water partition coefficient (Wildman–Crippen LogP) is 5.49. The third-order valence-corrected chi connectivity index (χ3v) is 7.39. The van der Waals surface area contributed by atoms with Crippen LogP contribution in [0.25, 0.3) is 11.1 Å². The van der Waals surface area contributed by atoms with Gasteiger partial charge in [-0.2, -0.15) is 5.26 Å². The molecule has 0 radical (unpaired) electrons. The molecule has 9 heteroatoms. The van der Waals surface area contributed by atoms with Crippen molar-refractivity contribution in [1.82, 2.24) is 15.3 Å². The van der Waals surface area contributed by atoms with E-state index < -0.39 is 0 Å². The topological polar surface area (TPSA) is 129 Å². The van der Waals surface area contributed by atoms with Gasteiger partial charge in [-0.25, -0.2) is 14.8 Å². The third kappa shape index (κ3) is 7.42. The molecule has 42 heavy (non-hydrogen) atoms. The number of amides is 2. The number of anilines is 2. The van der Waals surface area contributed by atoms with Crippen molar-refractivity contribution in [3.8, 4) is 23.1 Å². The van der Waals surface area contributed by atoms with Crippen molar-refractivity contribution in [2.45, 2.75) is 44.3 Å². The van der Waals surface area contributed by atoms with Gasteiger partial charge >= 0.3 is 6.03 Å². The van der Waals surface area contributed by atoms with Crippen LogP contribution in [0.1, 0.15) is 36.8 Å². The number of nitrogens with two attached hydrogens (primary N) is 1. The summed E-state index contributed by atoms with van der Waals surface area (Å²) in [7, 11) is 0. The number of hydrogen-bond donors (Lipinski definition) is 3. The predicted molar refractivity (Wildman–Crippen MR) is 164 cm³/mol. The molecule has 2 aromatic heterocycles. The number of rotatable bonds is 10. The van der Waals surface area contributed by atoms with E-state index in [9.17, 15) is 4.79 Å². The molecule has 0 unspecified atom stereocenters. The van der Waals surface area contributed by atoms with E-state index in [1.54, 1.807) is 18.5 Å². The first kappa shape index (κ1) is 28.6. The standard InChI is InChI=1S/C33H35N7O2/c34-17-19-42-32-20-27(16-18-36-32)26-7-11-29(12-8-26)40(33(41)38-22-24-4-2-1-3-5-24)30-13-9-28(10-14-30)39-31-15-6-25(21-35)23-37-31/h1-8,11-12,15-16,18,20,23,28,30H,9-10,13-14,17,19,22,34H2,(H,37,39)(H,38,41). The summed E-state index contributed by atoms with van der Waals surface area (Å²) in [6.07, 6.45) is 6.79. The molecule has 0 aliphatic heterocycles. The minimum atomic E-state index is -0.113. The van der Waals surface area contributed by atoms with Crippen LogP contribution in [-0.4, -0.2) is 41.2 Å². The van der Waals surface area contributed by atoms with Gasteiger partial charge in [0.2, 0.25) is 5.88 Å². The van der Waals surface area contributed by atoms with E-state index in [4.69, 9.17) is 15.7 Å². The van der Waals surface area contributed by atoms with Gasteiger partial charge in [-0.05, 0) is 72.7 Å². The molecule has 9 nitrogen and oxygen atoms in total. The number of carbonyl (C=O) groups excluding carboxylic acids is 1. The van der Waals surface area contributed by atoms with Crippen LogP contribution in [0.15, 0.2) is 91.3 Å². The van der Waals surface area contributed by atoms with E-state index in [2.05, 4.69) is 26.7 Å². The summed E-state index contributed by atoms with van der Waals surface area (Å²) in [5.74, 6) is 1.30. The van der Waals surface area contributed by atoms with Crippen LogP contribution in [0.5, 0.6) is 5.88 Å². The molecule has 2 amide bonds. The Balaban J connectivity index is 1.30. The Morgan fingerprint density at radius 1 is 0.976 bits per heavy atom. The van der Waals surface area contributed by atoms with Gasteiger partial charge in [0.05, 0.1) is 5.56 Å². The van der Waals surface area contributed by atoms with Crippen molar-refractivity contribution in [3.63, 3.8) is 0 Å². The fourth-order valence-corrected chi connectivity index (χ4v) is 5.23. The molecule has 4 N–H and O–H groups in total. The zero-order chi connectivity index (χ0) is 29.1. The van der Waals surface area contributed by atoms with E-state index >= 15 is 0 Å². The van der Waals surface area contributed by atoms with Crippen LogP contribution in [0.3, 0.4) is 0 Å². The number of nitrogens with zero attached hydrogens (tertiary/aromatic N) is 4. The van der Waals surface area contributed by atoms with E-state index in [-0.39, 0.29) is 18.1 Å². The lowest BCUT2D eigenvalue weighted by Crippen LogP contribution is -2.48. The maximum atomic E-state index is 13.7. The van der Waals surface area contributed by atoms with Crippen LogP contribution < -0.4 is 26.0 Å². The van der Waals surface area contributed by atoms with Gasteiger partial charge in [-0.15, -0.1) is 0 Å². The molecular formula is C33H35N7O2. The molecule has 1 saturated carbocycles. The summed E-state index contributed by atoms with van der Waals surface area (Å²) in [4.78, 5) is 24.2. The Kier molecular flexibility index (Phi) is 9.60. The van der Waals surface area contributed by atoms with Crippen LogP contribution in [0, 0.1) is 11.3 Å². The third-order valence-electron chi connectivity index (χ3n) is 7.39. The highest BCUT2D eigenvalue weighted by molar-refractivity contribution is 5.93. The number of nitriles is 1. The lowest BCUT2D eigenvalue weighted by molar-refractivity contribution is 0.240. The monoisotopic (exact) mass is 561 g/mol. The molecule has 5 rings (SSSR count). The largest absolute Gasteiger partial charge is 0.476 e.